The zero-order valence-electron chi connectivity index (χ0n) is 15.7. The van der Waals surface area contributed by atoms with Gasteiger partial charge >= 0.3 is 6.09 Å². The number of anilines is 2. The Labute approximate surface area is 169 Å². The second-order valence-corrected chi connectivity index (χ2v) is 8.86. The molecule has 29 heavy (non-hydrogen) atoms. The lowest BCUT2D eigenvalue weighted by Gasteiger charge is -2.14. The van der Waals surface area contributed by atoms with Crippen molar-refractivity contribution in [3.8, 4) is 5.75 Å². The van der Waals surface area contributed by atoms with Gasteiger partial charge in [0.1, 0.15) is 5.75 Å². The van der Waals surface area contributed by atoms with Crippen molar-refractivity contribution in [2.75, 3.05) is 23.3 Å². The number of nitrogens with two attached hydrogens (primary N) is 1. The van der Waals surface area contributed by atoms with Crippen molar-refractivity contribution in [2.45, 2.75) is 23.6 Å². The van der Waals surface area contributed by atoms with Gasteiger partial charge in [-0.05, 0) is 56.3 Å². The van der Waals surface area contributed by atoms with E-state index in [1.807, 2.05) is 0 Å². The third kappa shape index (κ3) is 6.07. The van der Waals surface area contributed by atoms with Crippen molar-refractivity contribution >= 4 is 37.5 Å². The first-order valence-electron chi connectivity index (χ1n) is 8.43. The summed E-state index contributed by atoms with van der Waals surface area (Å²) in [6.45, 7) is 3.82. The summed E-state index contributed by atoms with van der Waals surface area (Å²) in [7, 11) is -7.93. The highest BCUT2D eigenvalue weighted by molar-refractivity contribution is 7.92. The molecule has 0 atom stereocenters. The van der Waals surface area contributed by atoms with Crippen LogP contribution in [0.25, 0.3) is 0 Å². The molecule has 0 bridgehead atoms. The van der Waals surface area contributed by atoms with Gasteiger partial charge in [0.15, 0.2) is 0 Å². The van der Waals surface area contributed by atoms with Crippen LogP contribution in [0.1, 0.15) is 13.8 Å². The van der Waals surface area contributed by atoms with Gasteiger partial charge in [0.25, 0.3) is 10.0 Å². The molecule has 0 unspecified atom stereocenters. The average Bonchev–Trinajstić information content (AvgIpc) is 2.63. The molecule has 2 aromatic rings. The molecular formula is C17H21N3O7S2. The van der Waals surface area contributed by atoms with Crippen molar-refractivity contribution in [3.05, 3.63) is 42.5 Å². The molecule has 10 nitrogen and oxygen atoms in total. The number of rotatable bonds is 8. The number of amides is 1. The fraction of sp³-hybridized carbons (Fsp3) is 0.235. The molecule has 0 radical (unpaired) electrons. The van der Waals surface area contributed by atoms with E-state index in [0.29, 0.717) is 6.61 Å². The number of hydrogen-bond donors (Lipinski definition) is 3. The zero-order chi connectivity index (χ0) is 21.7. The Morgan fingerprint density at radius 1 is 0.966 bits per heavy atom. The van der Waals surface area contributed by atoms with Crippen molar-refractivity contribution in [2.24, 2.45) is 5.14 Å². The number of carbonyl (C=O) groups excluding carboxylic acids is 1. The first-order valence-corrected chi connectivity index (χ1v) is 11.5. The zero-order valence-corrected chi connectivity index (χ0v) is 17.3. The van der Waals surface area contributed by atoms with Gasteiger partial charge in [-0.2, -0.15) is 0 Å². The number of benzene rings is 2. The molecule has 0 aliphatic heterocycles. The molecule has 1 amide bonds. The van der Waals surface area contributed by atoms with Gasteiger partial charge in [-0.15, -0.1) is 0 Å². The number of sulfonamides is 2. The lowest BCUT2D eigenvalue weighted by atomic mass is 10.3. The Morgan fingerprint density at radius 2 is 1.59 bits per heavy atom. The molecule has 0 saturated carbocycles. The Kier molecular flexibility index (Phi) is 7.06. The predicted octanol–water partition coefficient (Wildman–Crippen LogP) is 2.10. The SMILES string of the molecule is CCOC(=O)Nc1cc(S(=O)(=O)Nc2ccc(S(N)(=O)=O)cc2)ccc1OCC. The van der Waals surface area contributed by atoms with Crippen LogP contribution < -0.4 is 19.9 Å². The molecule has 0 heterocycles. The monoisotopic (exact) mass is 443 g/mol. The quantitative estimate of drug-likeness (QED) is 0.564. The Bertz CT molecular complexity index is 1080. The van der Waals surface area contributed by atoms with Crippen LogP contribution in [0, 0.1) is 0 Å². The number of primary sulfonamides is 1. The third-order valence-corrected chi connectivity index (χ3v) is 5.82. The molecule has 0 fully saturated rings. The van der Waals surface area contributed by atoms with E-state index in [4.69, 9.17) is 14.6 Å². The van der Waals surface area contributed by atoms with E-state index in [1.165, 1.54) is 42.5 Å². The van der Waals surface area contributed by atoms with Crippen LogP contribution in [-0.4, -0.2) is 36.1 Å². The molecule has 0 aliphatic carbocycles. The maximum Gasteiger partial charge on any atom is 0.411 e. The molecule has 2 aromatic carbocycles. The molecular weight excluding hydrogens is 422 g/mol. The lowest BCUT2D eigenvalue weighted by molar-refractivity contribution is 0.167. The van der Waals surface area contributed by atoms with Crippen LogP contribution in [0.2, 0.25) is 0 Å². The summed E-state index contributed by atoms with van der Waals surface area (Å²) in [6, 6.07) is 8.83. The summed E-state index contributed by atoms with van der Waals surface area (Å²) in [5.74, 6) is 0.275. The van der Waals surface area contributed by atoms with Crippen LogP contribution in [0.5, 0.6) is 5.75 Å². The van der Waals surface area contributed by atoms with Crippen LogP contribution in [0.15, 0.2) is 52.3 Å². The van der Waals surface area contributed by atoms with E-state index in [2.05, 4.69) is 10.0 Å². The van der Waals surface area contributed by atoms with Gasteiger partial charge in [0.2, 0.25) is 10.0 Å². The van der Waals surface area contributed by atoms with E-state index in [-0.39, 0.29) is 33.5 Å². The minimum Gasteiger partial charge on any atom is -0.492 e. The number of hydrogen-bond acceptors (Lipinski definition) is 7. The minimum atomic E-state index is -4.04. The molecule has 0 aromatic heterocycles. The molecule has 12 heteroatoms. The Hall–Kier alpha value is -2.83. The largest absolute Gasteiger partial charge is 0.492 e. The minimum absolute atomic E-state index is 0.123. The first-order chi connectivity index (χ1) is 13.6. The number of nitrogens with one attached hydrogen (secondary N) is 2. The number of ether oxygens (including phenoxy) is 2. The third-order valence-electron chi connectivity index (χ3n) is 3.51. The maximum atomic E-state index is 12.7. The van der Waals surface area contributed by atoms with Gasteiger partial charge in [-0.1, -0.05) is 0 Å². The first kappa shape index (κ1) is 22.5. The lowest BCUT2D eigenvalue weighted by Crippen LogP contribution is -2.17. The van der Waals surface area contributed by atoms with Gasteiger partial charge in [-0.25, -0.2) is 26.8 Å². The Morgan fingerprint density at radius 3 is 2.14 bits per heavy atom. The van der Waals surface area contributed by atoms with E-state index in [0.717, 1.165) is 0 Å². The summed E-state index contributed by atoms with van der Waals surface area (Å²) >= 11 is 0. The molecule has 0 aliphatic rings. The summed E-state index contributed by atoms with van der Waals surface area (Å²) in [5.41, 5.74) is 0.254. The van der Waals surface area contributed by atoms with Crippen molar-refractivity contribution in [3.63, 3.8) is 0 Å². The van der Waals surface area contributed by atoms with Crippen LogP contribution in [0.4, 0.5) is 16.2 Å². The van der Waals surface area contributed by atoms with Gasteiger partial charge in [0, 0.05) is 5.69 Å². The topological polar surface area (TPSA) is 154 Å². The summed E-state index contributed by atoms with van der Waals surface area (Å²) in [4.78, 5) is 11.4. The second kappa shape index (κ2) is 9.11. The molecule has 2 rings (SSSR count). The molecule has 4 N–H and O–H groups in total. The predicted molar refractivity (Wildman–Crippen MR) is 107 cm³/mol. The molecule has 0 saturated heterocycles. The van der Waals surface area contributed by atoms with E-state index in [9.17, 15) is 21.6 Å². The summed E-state index contributed by atoms with van der Waals surface area (Å²) in [5, 5.41) is 7.46. The highest BCUT2D eigenvalue weighted by Gasteiger charge is 2.19. The fourth-order valence-electron chi connectivity index (χ4n) is 2.26. The van der Waals surface area contributed by atoms with Gasteiger partial charge in [-0.3, -0.25) is 10.0 Å². The maximum absolute atomic E-state index is 12.7. The van der Waals surface area contributed by atoms with Gasteiger partial charge < -0.3 is 9.47 Å². The molecule has 0 spiro atoms. The van der Waals surface area contributed by atoms with Crippen LogP contribution in [0.3, 0.4) is 0 Å². The smallest absolute Gasteiger partial charge is 0.411 e. The highest BCUT2D eigenvalue weighted by Crippen LogP contribution is 2.29. The fourth-order valence-corrected chi connectivity index (χ4v) is 3.86. The van der Waals surface area contributed by atoms with E-state index < -0.39 is 26.1 Å². The van der Waals surface area contributed by atoms with Crippen LogP contribution >= 0.6 is 0 Å². The molecule has 158 valence electrons. The van der Waals surface area contributed by atoms with Gasteiger partial charge in [0.05, 0.1) is 28.7 Å². The normalized spacial score (nSPS) is 11.6. The van der Waals surface area contributed by atoms with E-state index in [1.54, 1.807) is 13.8 Å². The second-order valence-electron chi connectivity index (χ2n) is 5.61. The van der Waals surface area contributed by atoms with Crippen LogP contribution in [-0.2, 0) is 24.8 Å². The van der Waals surface area contributed by atoms with Crippen molar-refractivity contribution in [1.29, 1.82) is 0 Å². The van der Waals surface area contributed by atoms with E-state index >= 15 is 0 Å². The number of carbonyl (C=O) groups is 1. The summed E-state index contributed by atoms with van der Waals surface area (Å²) in [6.07, 6.45) is -0.755. The van der Waals surface area contributed by atoms with Crippen molar-refractivity contribution in [1.82, 2.24) is 0 Å². The summed E-state index contributed by atoms with van der Waals surface area (Å²) < 4.78 is 60.5. The Balaban J connectivity index is 2.32. The average molecular weight is 444 g/mol. The standard InChI is InChI=1S/C17H21N3O7S2/c1-3-26-16-10-9-14(11-15(16)19-17(21)27-4-2)29(24,25)20-12-5-7-13(8-6-12)28(18,22)23/h5-11,20H,3-4H2,1-2H3,(H,19,21)(H2,18,22,23). The van der Waals surface area contributed by atoms with Crippen molar-refractivity contribution < 1.29 is 31.1 Å². The highest BCUT2D eigenvalue weighted by atomic mass is 32.2.